The van der Waals surface area contributed by atoms with Gasteiger partial charge in [0.2, 0.25) is 0 Å². The maximum atomic E-state index is 5.50. The van der Waals surface area contributed by atoms with Crippen LogP contribution in [0.1, 0.15) is 0 Å². The van der Waals surface area contributed by atoms with Gasteiger partial charge in [0.15, 0.2) is 0 Å². The van der Waals surface area contributed by atoms with Gasteiger partial charge in [0.1, 0.15) is 5.76 Å². The second-order valence-electron chi connectivity index (χ2n) is 4.38. The van der Waals surface area contributed by atoms with E-state index < -0.39 is 0 Å². The molecule has 2 nitrogen and oxygen atoms in total. The molecule has 2 aromatic heterocycles. The number of aromatic nitrogens is 1. The molecule has 0 radical (unpaired) electrons. The first-order valence-corrected chi connectivity index (χ1v) is 5.97. The monoisotopic (exact) mass is 233 g/mol. The van der Waals surface area contributed by atoms with Crippen LogP contribution >= 0.6 is 0 Å². The van der Waals surface area contributed by atoms with Crippen molar-refractivity contribution in [3.05, 3.63) is 60.9 Å². The second-order valence-corrected chi connectivity index (χ2v) is 4.38. The van der Waals surface area contributed by atoms with Crippen molar-refractivity contribution in [2.75, 3.05) is 0 Å². The Morgan fingerprint density at radius 1 is 0.778 bits per heavy atom. The lowest BCUT2D eigenvalue weighted by atomic mass is 10.1. The van der Waals surface area contributed by atoms with Gasteiger partial charge in [0.25, 0.3) is 0 Å². The standard InChI is InChI=1S/C16H11NO/c1-2-8-14-11(5-1)12-6-3-7-13(16(12)17-14)15-9-4-10-18-15/h1-10,17H. The van der Waals surface area contributed by atoms with Gasteiger partial charge in [0.05, 0.1) is 11.8 Å². The summed E-state index contributed by atoms with van der Waals surface area (Å²) in [5, 5.41) is 2.49. The zero-order valence-corrected chi connectivity index (χ0v) is 9.68. The zero-order chi connectivity index (χ0) is 11.9. The minimum atomic E-state index is 0.896. The number of fused-ring (bicyclic) bond motifs is 3. The fourth-order valence-corrected chi connectivity index (χ4v) is 2.51. The molecule has 1 N–H and O–H groups in total. The molecule has 0 aliphatic rings. The summed E-state index contributed by atoms with van der Waals surface area (Å²) >= 11 is 0. The van der Waals surface area contributed by atoms with Gasteiger partial charge in [0, 0.05) is 21.9 Å². The van der Waals surface area contributed by atoms with Gasteiger partial charge in [-0.3, -0.25) is 0 Å². The molecular weight excluding hydrogens is 222 g/mol. The van der Waals surface area contributed by atoms with E-state index in [1.54, 1.807) is 6.26 Å². The molecule has 4 aromatic rings. The predicted molar refractivity (Wildman–Crippen MR) is 73.5 cm³/mol. The molecule has 0 unspecified atom stereocenters. The van der Waals surface area contributed by atoms with Gasteiger partial charge >= 0.3 is 0 Å². The number of H-pyrrole nitrogens is 1. The molecule has 0 aliphatic heterocycles. The van der Waals surface area contributed by atoms with Crippen molar-refractivity contribution in [3.8, 4) is 11.3 Å². The Bertz CT molecular complexity index is 825. The maximum absolute atomic E-state index is 5.50. The maximum Gasteiger partial charge on any atom is 0.135 e. The molecule has 0 atom stereocenters. The number of hydrogen-bond donors (Lipinski definition) is 1. The molecule has 0 aliphatic carbocycles. The van der Waals surface area contributed by atoms with Crippen LogP contribution in [0.4, 0.5) is 0 Å². The molecule has 0 saturated carbocycles. The predicted octanol–water partition coefficient (Wildman–Crippen LogP) is 4.58. The van der Waals surface area contributed by atoms with Crippen molar-refractivity contribution in [1.82, 2.24) is 4.98 Å². The summed E-state index contributed by atoms with van der Waals surface area (Å²) in [7, 11) is 0. The van der Waals surface area contributed by atoms with E-state index in [0.717, 1.165) is 22.4 Å². The Kier molecular flexibility index (Phi) is 1.86. The number of hydrogen-bond acceptors (Lipinski definition) is 1. The Labute approximate surface area is 104 Å². The average molecular weight is 233 g/mol. The van der Waals surface area contributed by atoms with Crippen LogP contribution in [0, 0.1) is 0 Å². The molecule has 2 heterocycles. The summed E-state index contributed by atoms with van der Waals surface area (Å²) in [6, 6.07) is 18.5. The van der Waals surface area contributed by atoms with Crippen LogP contribution in [-0.2, 0) is 0 Å². The fourth-order valence-electron chi connectivity index (χ4n) is 2.51. The molecule has 4 rings (SSSR count). The molecule has 2 heteroatoms. The van der Waals surface area contributed by atoms with Crippen molar-refractivity contribution >= 4 is 21.8 Å². The van der Waals surface area contributed by atoms with Crippen LogP contribution in [0.25, 0.3) is 33.1 Å². The summed E-state index contributed by atoms with van der Waals surface area (Å²) in [4.78, 5) is 3.47. The van der Waals surface area contributed by atoms with E-state index in [0.29, 0.717) is 0 Å². The highest BCUT2D eigenvalue weighted by atomic mass is 16.3. The van der Waals surface area contributed by atoms with Gasteiger partial charge in [-0.1, -0.05) is 30.3 Å². The molecule has 2 aromatic carbocycles. The third-order valence-electron chi connectivity index (χ3n) is 3.33. The molecule has 0 saturated heterocycles. The van der Waals surface area contributed by atoms with Crippen LogP contribution in [0.2, 0.25) is 0 Å². The van der Waals surface area contributed by atoms with Gasteiger partial charge in [-0.2, -0.15) is 0 Å². The quantitative estimate of drug-likeness (QED) is 0.512. The van der Waals surface area contributed by atoms with E-state index in [-0.39, 0.29) is 0 Å². The van der Waals surface area contributed by atoms with Gasteiger partial charge < -0.3 is 9.40 Å². The van der Waals surface area contributed by atoms with Crippen LogP contribution < -0.4 is 0 Å². The summed E-state index contributed by atoms with van der Waals surface area (Å²) in [5.41, 5.74) is 3.40. The Morgan fingerprint density at radius 3 is 2.56 bits per heavy atom. The summed E-state index contributed by atoms with van der Waals surface area (Å²) in [6.45, 7) is 0. The number of aromatic amines is 1. The lowest BCUT2D eigenvalue weighted by Gasteiger charge is -1.98. The Morgan fingerprint density at radius 2 is 1.67 bits per heavy atom. The molecule has 0 fully saturated rings. The van der Waals surface area contributed by atoms with Gasteiger partial charge in [-0.15, -0.1) is 0 Å². The van der Waals surface area contributed by atoms with Crippen molar-refractivity contribution in [3.63, 3.8) is 0 Å². The van der Waals surface area contributed by atoms with Crippen LogP contribution in [0.15, 0.2) is 65.3 Å². The minimum Gasteiger partial charge on any atom is -0.464 e. The van der Waals surface area contributed by atoms with E-state index in [1.807, 2.05) is 18.2 Å². The number of furan rings is 1. The Balaban J connectivity index is 2.17. The highest BCUT2D eigenvalue weighted by Gasteiger charge is 2.10. The van der Waals surface area contributed by atoms with E-state index in [4.69, 9.17) is 4.42 Å². The fraction of sp³-hybridized carbons (Fsp3) is 0. The van der Waals surface area contributed by atoms with E-state index in [2.05, 4.69) is 41.4 Å². The van der Waals surface area contributed by atoms with Crippen LogP contribution in [-0.4, -0.2) is 4.98 Å². The molecule has 0 spiro atoms. The van der Waals surface area contributed by atoms with Gasteiger partial charge in [-0.05, 0) is 24.3 Å². The molecule has 0 bridgehead atoms. The first-order valence-electron chi connectivity index (χ1n) is 5.97. The topological polar surface area (TPSA) is 28.9 Å². The summed E-state index contributed by atoms with van der Waals surface area (Å²) in [5.74, 6) is 0.896. The second kappa shape index (κ2) is 3.50. The van der Waals surface area contributed by atoms with E-state index in [1.165, 1.54) is 10.8 Å². The first-order chi connectivity index (χ1) is 8.93. The lowest BCUT2D eigenvalue weighted by Crippen LogP contribution is -1.76. The zero-order valence-electron chi connectivity index (χ0n) is 9.68. The van der Waals surface area contributed by atoms with E-state index >= 15 is 0 Å². The van der Waals surface area contributed by atoms with Crippen molar-refractivity contribution < 1.29 is 4.42 Å². The molecule has 0 amide bonds. The molecular formula is C16H11NO. The first kappa shape index (κ1) is 9.54. The van der Waals surface area contributed by atoms with Crippen LogP contribution in [0.5, 0.6) is 0 Å². The third-order valence-corrected chi connectivity index (χ3v) is 3.33. The third kappa shape index (κ3) is 1.23. The highest BCUT2D eigenvalue weighted by Crippen LogP contribution is 2.32. The number of benzene rings is 2. The molecule has 86 valence electrons. The van der Waals surface area contributed by atoms with Crippen molar-refractivity contribution in [1.29, 1.82) is 0 Å². The normalized spacial score (nSPS) is 11.3. The minimum absolute atomic E-state index is 0.896. The average Bonchev–Trinajstić information content (AvgIpc) is 3.05. The largest absolute Gasteiger partial charge is 0.464 e. The SMILES string of the molecule is c1coc(-c2cccc3c2[nH]c2ccccc23)c1. The Hall–Kier alpha value is -2.48. The number of rotatable bonds is 1. The number of para-hydroxylation sites is 2. The van der Waals surface area contributed by atoms with Crippen molar-refractivity contribution in [2.24, 2.45) is 0 Å². The summed E-state index contributed by atoms with van der Waals surface area (Å²) < 4.78 is 5.50. The van der Waals surface area contributed by atoms with E-state index in [9.17, 15) is 0 Å². The van der Waals surface area contributed by atoms with Gasteiger partial charge in [-0.25, -0.2) is 0 Å². The number of nitrogens with one attached hydrogen (secondary N) is 1. The lowest BCUT2D eigenvalue weighted by molar-refractivity contribution is 0.583. The van der Waals surface area contributed by atoms with Crippen LogP contribution in [0.3, 0.4) is 0 Å². The summed E-state index contributed by atoms with van der Waals surface area (Å²) in [6.07, 6.45) is 1.71. The molecule has 18 heavy (non-hydrogen) atoms. The highest BCUT2D eigenvalue weighted by molar-refractivity contribution is 6.11. The van der Waals surface area contributed by atoms with Crippen molar-refractivity contribution in [2.45, 2.75) is 0 Å². The smallest absolute Gasteiger partial charge is 0.135 e.